The van der Waals surface area contributed by atoms with Gasteiger partial charge in [-0.1, -0.05) is 13.0 Å². The van der Waals surface area contributed by atoms with Crippen molar-refractivity contribution in [3.05, 3.63) is 29.3 Å². The number of piperazine rings is 1. The summed E-state index contributed by atoms with van der Waals surface area (Å²) in [5.41, 5.74) is 7.77. The SMILES string of the molecule is CCc1ccc(S(=O)(=O)N2CCN(C)C(C)C2)cc1CN. The van der Waals surface area contributed by atoms with E-state index in [-0.39, 0.29) is 6.04 Å². The van der Waals surface area contributed by atoms with Crippen LogP contribution >= 0.6 is 0 Å². The van der Waals surface area contributed by atoms with E-state index in [1.807, 2.05) is 27.0 Å². The molecule has 0 saturated carbocycles. The number of aryl methyl sites for hydroxylation is 1. The van der Waals surface area contributed by atoms with Crippen LogP contribution in [0.4, 0.5) is 0 Å². The summed E-state index contributed by atoms with van der Waals surface area (Å²) in [4.78, 5) is 2.54. The van der Waals surface area contributed by atoms with E-state index in [1.54, 1.807) is 16.4 Å². The minimum absolute atomic E-state index is 0.234. The van der Waals surface area contributed by atoms with Crippen LogP contribution in [0.3, 0.4) is 0 Å². The van der Waals surface area contributed by atoms with Crippen molar-refractivity contribution < 1.29 is 8.42 Å². The maximum Gasteiger partial charge on any atom is 0.243 e. The second-order valence-electron chi connectivity index (χ2n) is 5.68. The molecule has 1 unspecified atom stereocenters. The van der Waals surface area contributed by atoms with Gasteiger partial charge in [-0.05, 0) is 43.7 Å². The van der Waals surface area contributed by atoms with Crippen molar-refractivity contribution in [1.82, 2.24) is 9.21 Å². The fourth-order valence-corrected chi connectivity index (χ4v) is 4.24. The molecule has 2 N–H and O–H groups in total. The molecule has 118 valence electrons. The zero-order chi connectivity index (χ0) is 15.6. The highest BCUT2D eigenvalue weighted by molar-refractivity contribution is 7.89. The van der Waals surface area contributed by atoms with E-state index in [1.165, 1.54) is 0 Å². The first kappa shape index (κ1) is 16.4. The van der Waals surface area contributed by atoms with Crippen molar-refractivity contribution in [1.29, 1.82) is 0 Å². The van der Waals surface area contributed by atoms with Crippen molar-refractivity contribution in [3.8, 4) is 0 Å². The Morgan fingerprint density at radius 2 is 2.00 bits per heavy atom. The van der Waals surface area contributed by atoms with Crippen LogP contribution in [0.25, 0.3) is 0 Å². The van der Waals surface area contributed by atoms with E-state index in [0.29, 0.717) is 24.5 Å². The summed E-state index contributed by atoms with van der Waals surface area (Å²) in [6.07, 6.45) is 0.860. The molecule has 6 heteroatoms. The molecule has 1 saturated heterocycles. The first-order valence-corrected chi connectivity index (χ1v) is 8.86. The Labute approximate surface area is 127 Å². The summed E-state index contributed by atoms with van der Waals surface area (Å²) in [6, 6.07) is 5.56. The maximum atomic E-state index is 12.8. The van der Waals surface area contributed by atoms with Gasteiger partial charge in [0.15, 0.2) is 0 Å². The lowest BCUT2D eigenvalue weighted by Crippen LogP contribution is -2.51. The Balaban J connectivity index is 2.31. The maximum absolute atomic E-state index is 12.8. The molecule has 1 aliphatic rings. The van der Waals surface area contributed by atoms with Crippen LogP contribution < -0.4 is 5.73 Å². The average Bonchev–Trinajstić information content (AvgIpc) is 2.49. The molecule has 1 aliphatic heterocycles. The molecule has 5 nitrogen and oxygen atoms in total. The van der Waals surface area contributed by atoms with Crippen LogP contribution in [0, 0.1) is 0 Å². The molecule has 1 aromatic carbocycles. The van der Waals surface area contributed by atoms with E-state index >= 15 is 0 Å². The second kappa shape index (κ2) is 6.44. The Bertz CT molecular complexity index is 601. The molecule has 0 radical (unpaired) electrons. The van der Waals surface area contributed by atoms with E-state index in [0.717, 1.165) is 24.1 Å². The molecule has 0 spiro atoms. The molecule has 0 amide bonds. The van der Waals surface area contributed by atoms with Gasteiger partial charge in [-0.3, -0.25) is 0 Å². The predicted molar refractivity (Wildman–Crippen MR) is 84.6 cm³/mol. The number of rotatable bonds is 4. The second-order valence-corrected chi connectivity index (χ2v) is 7.62. The lowest BCUT2D eigenvalue weighted by Gasteiger charge is -2.36. The molecular weight excluding hydrogens is 286 g/mol. The van der Waals surface area contributed by atoms with Crippen molar-refractivity contribution >= 4 is 10.0 Å². The molecule has 1 atom stereocenters. The standard InChI is InChI=1S/C15H25N3O2S/c1-4-13-5-6-15(9-14(13)10-16)21(19,20)18-8-7-17(3)12(2)11-18/h5-6,9,12H,4,7-8,10-11,16H2,1-3H3. The summed E-state index contributed by atoms with van der Waals surface area (Å²) in [6.45, 7) is 6.30. The molecule has 21 heavy (non-hydrogen) atoms. The topological polar surface area (TPSA) is 66.6 Å². The van der Waals surface area contributed by atoms with Crippen LogP contribution in [0.5, 0.6) is 0 Å². The molecular formula is C15H25N3O2S. The Morgan fingerprint density at radius 3 is 2.57 bits per heavy atom. The van der Waals surface area contributed by atoms with Gasteiger partial charge in [0, 0.05) is 32.2 Å². The highest BCUT2D eigenvalue weighted by atomic mass is 32.2. The summed E-state index contributed by atoms with van der Waals surface area (Å²) in [5.74, 6) is 0. The Morgan fingerprint density at radius 1 is 1.29 bits per heavy atom. The molecule has 1 heterocycles. The van der Waals surface area contributed by atoms with Gasteiger partial charge in [0.1, 0.15) is 0 Å². The third-order valence-corrected chi connectivity index (χ3v) is 6.20. The highest BCUT2D eigenvalue weighted by Gasteiger charge is 2.30. The number of hydrogen-bond acceptors (Lipinski definition) is 4. The average molecular weight is 311 g/mol. The lowest BCUT2D eigenvalue weighted by atomic mass is 10.1. The van der Waals surface area contributed by atoms with Crippen molar-refractivity contribution in [2.24, 2.45) is 5.73 Å². The third-order valence-electron chi connectivity index (χ3n) is 4.34. The largest absolute Gasteiger partial charge is 0.326 e. The lowest BCUT2D eigenvalue weighted by molar-refractivity contribution is 0.159. The summed E-state index contributed by atoms with van der Waals surface area (Å²) >= 11 is 0. The van der Waals surface area contributed by atoms with Gasteiger partial charge in [0.25, 0.3) is 0 Å². The van der Waals surface area contributed by atoms with Gasteiger partial charge in [-0.2, -0.15) is 4.31 Å². The Kier molecular flexibility index (Phi) is 5.03. The number of hydrogen-bond donors (Lipinski definition) is 1. The van der Waals surface area contributed by atoms with E-state index < -0.39 is 10.0 Å². The zero-order valence-corrected chi connectivity index (χ0v) is 13.9. The van der Waals surface area contributed by atoms with Crippen LogP contribution in [0.15, 0.2) is 23.1 Å². The molecule has 0 bridgehead atoms. The molecule has 2 rings (SSSR count). The van der Waals surface area contributed by atoms with Crippen molar-refractivity contribution in [2.75, 3.05) is 26.7 Å². The molecule has 0 aliphatic carbocycles. The van der Waals surface area contributed by atoms with Gasteiger partial charge in [0.05, 0.1) is 4.90 Å². The molecule has 1 aromatic rings. The minimum Gasteiger partial charge on any atom is -0.326 e. The van der Waals surface area contributed by atoms with E-state index in [9.17, 15) is 8.42 Å². The first-order valence-electron chi connectivity index (χ1n) is 7.42. The van der Waals surface area contributed by atoms with Gasteiger partial charge >= 0.3 is 0 Å². The van der Waals surface area contributed by atoms with Crippen LogP contribution in [0.1, 0.15) is 25.0 Å². The number of nitrogens with zero attached hydrogens (tertiary/aromatic N) is 2. The number of likely N-dealkylation sites (N-methyl/N-ethyl adjacent to an activating group) is 1. The molecule has 1 fully saturated rings. The normalized spacial score (nSPS) is 21.6. The van der Waals surface area contributed by atoms with Gasteiger partial charge < -0.3 is 10.6 Å². The van der Waals surface area contributed by atoms with E-state index in [4.69, 9.17) is 5.73 Å². The summed E-state index contributed by atoms with van der Waals surface area (Å²) in [5, 5.41) is 0. The monoisotopic (exact) mass is 311 g/mol. The fourth-order valence-electron chi connectivity index (χ4n) is 2.68. The number of nitrogens with two attached hydrogens (primary N) is 1. The quantitative estimate of drug-likeness (QED) is 0.902. The van der Waals surface area contributed by atoms with Crippen LogP contribution in [-0.2, 0) is 23.0 Å². The van der Waals surface area contributed by atoms with Gasteiger partial charge in [-0.25, -0.2) is 8.42 Å². The predicted octanol–water partition coefficient (Wildman–Crippen LogP) is 1.03. The third kappa shape index (κ3) is 3.29. The first-order chi connectivity index (χ1) is 9.90. The minimum atomic E-state index is -3.42. The number of benzene rings is 1. The highest BCUT2D eigenvalue weighted by Crippen LogP contribution is 2.22. The Hall–Kier alpha value is -0.950. The fraction of sp³-hybridized carbons (Fsp3) is 0.600. The van der Waals surface area contributed by atoms with Gasteiger partial charge in [0.2, 0.25) is 10.0 Å². The van der Waals surface area contributed by atoms with E-state index in [2.05, 4.69) is 4.90 Å². The number of sulfonamides is 1. The molecule has 0 aromatic heterocycles. The summed E-state index contributed by atoms with van der Waals surface area (Å²) in [7, 11) is -1.40. The van der Waals surface area contributed by atoms with Crippen LogP contribution in [-0.4, -0.2) is 50.3 Å². The van der Waals surface area contributed by atoms with Crippen molar-refractivity contribution in [3.63, 3.8) is 0 Å². The van der Waals surface area contributed by atoms with Crippen molar-refractivity contribution in [2.45, 2.75) is 37.8 Å². The summed E-state index contributed by atoms with van der Waals surface area (Å²) < 4.78 is 27.1. The smallest absolute Gasteiger partial charge is 0.243 e. The zero-order valence-electron chi connectivity index (χ0n) is 13.0. The van der Waals surface area contributed by atoms with Gasteiger partial charge in [-0.15, -0.1) is 0 Å². The van der Waals surface area contributed by atoms with Crippen LogP contribution in [0.2, 0.25) is 0 Å².